The minimum atomic E-state index is 0.454. The van der Waals surface area contributed by atoms with Gasteiger partial charge in [0.05, 0.1) is 0 Å². The molecule has 114 valence electrons. The van der Waals surface area contributed by atoms with Gasteiger partial charge in [0.15, 0.2) is 5.82 Å². The largest absolute Gasteiger partial charge is 0.339 e. The summed E-state index contributed by atoms with van der Waals surface area (Å²) >= 11 is 0. The van der Waals surface area contributed by atoms with Crippen LogP contribution < -0.4 is 5.73 Å². The van der Waals surface area contributed by atoms with E-state index in [4.69, 9.17) is 10.3 Å². The van der Waals surface area contributed by atoms with Crippen LogP contribution in [0.3, 0.4) is 0 Å². The van der Waals surface area contributed by atoms with E-state index < -0.39 is 0 Å². The smallest absolute Gasteiger partial charge is 0.226 e. The molecule has 0 amide bonds. The van der Waals surface area contributed by atoms with Gasteiger partial charge in [0.1, 0.15) is 0 Å². The first-order valence-electron chi connectivity index (χ1n) is 8.14. The lowest BCUT2D eigenvalue weighted by molar-refractivity contribution is 0.328. The Kier molecular flexibility index (Phi) is 5.58. The van der Waals surface area contributed by atoms with Crippen LogP contribution in [0.25, 0.3) is 0 Å². The quantitative estimate of drug-likeness (QED) is 0.829. The van der Waals surface area contributed by atoms with E-state index in [0.29, 0.717) is 24.3 Å². The van der Waals surface area contributed by atoms with Gasteiger partial charge in [-0.25, -0.2) is 0 Å². The van der Waals surface area contributed by atoms with Crippen molar-refractivity contribution in [3.8, 4) is 0 Å². The van der Waals surface area contributed by atoms with Crippen molar-refractivity contribution in [1.29, 1.82) is 0 Å². The zero-order chi connectivity index (χ0) is 14.5. The minimum absolute atomic E-state index is 0.454. The van der Waals surface area contributed by atoms with Crippen molar-refractivity contribution in [3.63, 3.8) is 0 Å². The van der Waals surface area contributed by atoms with Gasteiger partial charge in [-0.3, -0.25) is 0 Å². The van der Waals surface area contributed by atoms with Gasteiger partial charge in [-0.05, 0) is 50.0 Å². The van der Waals surface area contributed by atoms with Crippen LogP contribution >= 0.6 is 0 Å². The number of hydrogen-bond acceptors (Lipinski definition) is 4. The summed E-state index contributed by atoms with van der Waals surface area (Å²) in [6, 6.07) is 0. The molecule has 4 heteroatoms. The van der Waals surface area contributed by atoms with Crippen molar-refractivity contribution >= 4 is 0 Å². The predicted octanol–water partition coefficient (Wildman–Crippen LogP) is 3.53. The Morgan fingerprint density at radius 2 is 2.15 bits per heavy atom. The number of nitrogens with two attached hydrogens (primary N) is 1. The maximum Gasteiger partial charge on any atom is 0.226 e. The predicted molar refractivity (Wildman–Crippen MR) is 80.4 cm³/mol. The number of nitrogens with zero attached hydrogens (tertiary/aromatic N) is 2. The van der Waals surface area contributed by atoms with Crippen LogP contribution in [0.5, 0.6) is 0 Å². The molecule has 3 unspecified atom stereocenters. The van der Waals surface area contributed by atoms with Crippen LogP contribution in [-0.2, 0) is 6.42 Å². The molecule has 2 rings (SSSR count). The van der Waals surface area contributed by atoms with Crippen LogP contribution in [0.15, 0.2) is 4.52 Å². The molecule has 1 aliphatic carbocycles. The average Bonchev–Trinajstić information content (AvgIpc) is 3.05. The first-order valence-corrected chi connectivity index (χ1v) is 8.14. The van der Waals surface area contributed by atoms with Crippen molar-refractivity contribution < 1.29 is 4.52 Å². The van der Waals surface area contributed by atoms with Gasteiger partial charge in [-0.15, -0.1) is 0 Å². The van der Waals surface area contributed by atoms with Gasteiger partial charge in [0.2, 0.25) is 5.89 Å². The van der Waals surface area contributed by atoms with Gasteiger partial charge >= 0.3 is 0 Å². The van der Waals surface area contributed by atoms with Gasteiger partial charge in [-0.1, -0.05) is 32.3 Å². The molecule has 1 fully saturated rings. The van der Waals surface area contributed by atoms with E-state index in [-0.39, 0.29) is 0 Å². The number of hydrogen-bond donors (Lipinski definition) is 1. The fourth-order valence-corrected chi connectivity index (χ4v) is 3.37. The molecule has 0 radical (unpaired) electrons. The summed E-state index contributed by atoms with van der Waals surface area (Å²) in [5, 5.41) is 4.21. The molecule has 2 N–H and O–H groups in total. The molecule has 0 spiro atoms. The molecule has 4 nitrogen and oxygen atoms in total. The topological polar surface area (TPSA) is 64.9 Å². The second-order valence-electron chi connectivity index (χ2n) is 6.77. The zero-order valence-corrected chi connectivity index (χ0v) is 13.1. The highest BCUT2D eigenvalue weighted by atomic mass is 16.5. The average molecular weight is 279 g/mol. The number of aromatic nitrogens is 2. The van der Waals surface area contributed by atoms with Crippen LogP contribution in [0, 0.1) is 17.8 Å². The summed E-state index contributed by atoms with van der Waals surface area (Å²) in [5.74, 6) is 4.17. The van der Waals surface area contributed by atoms with Crippen LogP contribution in [-0.4, -0.2) is 16.7 Å². The first-order chi connectivity index (χ1) is 9.62. The van der Waals surface area contributed by atoms with Gasteiger partial charge < -0.3 is 10.3 Å². The molecule has 1 heterocycles. The highest BCUT2D eigenvalue weighted by molar-refractivity contribution is 5.00. The fourth-order valence-electron chi connectivity index (χ4n) is 3.37. The third-order valence-corrected chi connectivity index (χ3v) is 4.57. The summed E-state index contributed by atoms with van der Waals surface area (Å²) in [7, 11) is 0. The third kappa shape index (κ3) is 4.05. The van der Waals surface area contributed by atoms with Crippen LogP contribution in [0.4, 0.5) is 0 Å². The molecule has 3 atom stereocenters. The van der Waals surface area contributed by atoms with Crippen molar-refractivity contribution in [2.24, 2.45) is 23.5 Å². The van der Waals surface area contributed by atoms with Crippen molar-refractivity contribution in [1.82, 2.24) is 10.1 Å². The van der Waals surface area contributed by atoms with Gasteiger partial charge in [0, 0.05) is 12.3 Å². The van der Waals surface area contributed by atoms with E-state index >= 15 is 0 Å². The Bertz CT molecular complexity index is 402. The summed E-state index contributed by atoms with van der Waals surface area (Å²) in [4.78, 5) is 4.62. The Labute approximate surface area is 122 Å². The molecule has 20 heavy (non-hydrogen) atoms. The van der Waals surface area contributed by atoms with E-state index in [2.05, 4.69) is 30.9 Å². The fraction of sp³-hybridized carbons (Fsp3) is 0.875. The van der Waals surface area contributed by atoms with E-state index in [9.17, 15) is 0 Å². The molecular weight excluding hydrogens is 250 g/mol. The van der Waals surface area contributed by atoms with E-state index in [1.54, 1.807) is 0 Å². The summed E-state index contributed by atoms with van der Waals surface area (Å²) in [5.41, 5.74) is 5.84. The van der Waals surface area contributed by atoms with Gasteiger partial charge in [-0.2, -0.15) is 4.98 Å². The molecule has 1 saturated carbocycles. The Hall–Kier alpha value is -0.900. The third-order valence-electron chi connectivity index (χ3n) is 4.57. The maximum absolute atomic E-state index is 5.84. The van der Waals surface area contributed by atoms with E-state index in [0.717, 1.165) is 30.5 Å². The molecule has 1 aromatic rings. The first kappa shape index (κ1) is 15.5. The normalized spacial score (nSPS) is 24.4. The molecule has 0 aromatic carbocycles. The van der Waals surface area contributed by atoms with Crippen molar-refractivity contribution in [3.05, 3.63) is 11.7 Å². The van der Waals surface area contributed by atoms with Crippen LogP contribution in [0.1, 0.15) is 70.5 Å². The standard InChI is InChI=1S/C16H29N3O/c1-4-12-5-6-14(8-12)16-18-15(20-19-16)9-13(10-17)7-11(2)3/h11-14H,4-10,17H2,1-3H3. The van der Waals surface area contributed by atoms with Crippen molar-refractivity contribution in [2.45, 2.75) is 65.2 Å². The SMILES string of the molecule is CCC1CCC(c2noc(CC(CN)CC(C)C)n2)C1. The van der Waals surface area contributed by atoms with E-state index in [1.165, 1.54) is 25.7 Å². The lowest BCUT2D eigenvalue weighted by Crippen LogP contribution is -2.19. The lowest BCUT2D eigenvalue weighted by atomic mass is 9.94. The Balaban J connectivity index is 1.91. The zero-order valence-electron chi connectivity index (χ0n) is 13.1. The van der Waals surface area contributed by atoms with Crippen LogP contribution in [0.2, 0.25) is 0 Å². The Morgan fingerprint density at radius 1 is 1.35 bits per heavy atom. The highest BCUT2D eigenvalue weighted by Crippen LogP contribution is 2.38. The molecule has 0 saturated heterocycles. The molecule has 1 aliphatic rings. The monoisotopic (exact) mass is 279 g/mol. The van der Waals surface area contributed by atoms with Gasteiger partial charge in [0.25, 0.3) is 0 Å². The second-order valence-corrected chi connectivity index (χ2v) is 6.77. The molecule has 1 aromatic heterocycles. The summed E-state index contributed by atoms with van der Waals surface area (Å²) in [6.45, 7) is 7.42. The summed E-state index contributed by atoms with van der Waals surface area (Å²) < 4.78 is 5.44. The van der Waals surface area contributed by atoms with Crippen molar-refractivity contribution in [2.75, 3.05) is 6.54 Å². The highest BCUT2D eigenvalue weighted by Gasteiger charge is 2.28. The lowest BCUT2D eigenvalue weighted by Gasteiger charge is -2.14. The van der Waals surface area contributed by atoms with E-state index in [1.807, 2.05) is 0 Å². The molecule has 0 aliphatic heterocycles. The Morgan fingerprint density at radius 3 is 2.75 bits per heavy atom. The number of rotatable bonds is 7. The molecule has 0 bridgehead atoms. The maximum atomic E-state index is 5.84. The minimum Gasteiger partial charge on any atom is -0.339 e. The second kappa shape index (κ2) is 7.21. The molecular formula is C16H29N3O. The summed E-state index contributed by atoms with van der Waals surface area (Å²) in [6.07, 6.45) is 6.96.